The van der Waals surface area contributed by atoms with Gasteiger partial charge in [-0.25, -0.2) is 0 Å². The van der Waals surface area contributed by atoms with Gasteiger partial charge in [0.05, 0.1) is 22.7 Å². The summed E-state index contributed by atoms with van der Waals surface area (Å²) in [4.78, 5) is 0. The maximum atomic E-state index is 9.86. The first-order valence-electron chi connectivity index (χ1n) is 22.2. The molecule has 1 heterocycles. The van der Waals surface area contributed by atoms with E-state index < -0.39 is 0 Å². The molecule has 65 heavy (non-hydrogen) atoms. The highest BCUT2D eigenvalue weighted by Crippen LogP contribution is 2.48. The van der Waals surface area contributed by atoms with Crippen LogP contribution in [0.15, 0.2) is 231 Å². The van der Waals surface area contributed by atoms with Gasteiger partial charge in [0.1, 0.15) is 0 Å². The van der Waals surface area contributed by atoms with Crippen molar-refractivity contribution in [2.75, 3.05) is 0 Å². The van der Waals surface area contributed by atoms with Crippen molar-refractivity contribution < 1.29 is 0 Å². The van der Waals surface area contributed by atoms with E-state index in [0.29, 0.717) is 5.56 Å². The SMILES string of the molecule is N#Cc1ccc2c3ccc(-c4ccc(-c5ccc6c(-c7cccc8ccccc78)c7ccccc7c(-c7cccc8ccccc78)c6c5)c5ccccc45)cc3n(-c3ccccc3)c2c1. The minimum Gasteiger partial charge on any atom is -0.309 e. The van der Waals surface area contributed by atoms with Crippen LogP contribution in [0.3, 0.4) is 0 Å². The molecule has 0 bridgehead atoms. The molecule has 0 aliphatic carbocycles. The minimum absolute atomic E-state index is 0.648. The van der Waals surface area contributed by atoms with Gasteiger partial charge in [-0.05, 0) is 135 Å². The Hall–Kier alpha value is -8.77. The largest absolute Gasteiger partial charge is 0.309 e. The van der Waals surface area contributed by atoms with Crippen molar-refractivity contribution in [3.8, 4) is 56.3 Å². The molecule has 0 spiro atoms. The lowest BCUT2D eigenvalue weighted by Crippen LogP contribution is -1.94. The van der Waals surface area contributed by atoms with Crippen LogP contribution in [0.5, 0.6) is 0 Å². The highest BCUT2D eigenvalue weighted by atomic mass is 15.0. The molecule has 1 aromatic heterocycles. The van der Waals surface area contributed by atoms with Crippen LogP contribution >= 0.6 is 0 Å². The topological polar surface area (TPSA) is 28.7 Å². The number of hydrogen-bond donors (Lipinski definition) is 0. The van der Waals surface area contributed by atoms with Gasteiger partial charge >= 0.3 is 0 Å². The van der Waals surface area contributed by atoms with Gasteiger partial charge in [0.25, 0.3) is 0 Å². The summed E-state index contributed by atoms with van der Waals surface area (Å²) in [6.45, 7) is 0. The summed E-state index contributed by atoms with van der Waals surface area (Å²) in [6, 6.07) is 86.2. The number of nitriles is 1. The molecule has 0 radical (unpaired) electrons. The first kappa shape index (κ1) is 36.8. The highest BCUT2D eigenvalue weighted by molar-refractivity contribution is 6.26. The minimum atomic E-state index is 0.648. The van der Waals surface area contributed by atoms with Gasteiger partial charge in [0, 0.05) is 16.5 Å². The van der Waals surface area contributed by atoms with Crippen LogP contribution in [0.25, 0.3) is 126 Å². The number of para-hydroxylation sites is 1. The zero-order chi connectivity index (χ0) is 43.0. The molecule has 12 aromatic carbocycles. The highest BCUT2D eigenvalue weighted by Gasteiger charge is 2.21. The molecule has 0 unspecified atom stereocenters. The van der Waals surface area contributed by atoms with Gasteiger partial charge in [0.15, 0.2) is 0 Å². The van der Waals surface area contributed by atoms with Crippen molar-refractivity contribution in [3.63, 3.8) is 0 Å². The molecule has 0 amide bonds. The lowest BCUT2D eigenvalue weighted by atomic mass is 9.82. The number of aromatic nitrogens is 1. The molecule has 0 atom stereocenters. The Morgan fingerprint density at radius 3 is 1.34 bits per heavy atom. The Morgan fingerprint density at radius 2 is 0.738 bits per heavy atom. The van der Waals surface area contributed by atoms with Crippen molar-refractivity contribution in [3.05, 3.63) is 236 Å². The zero-order valence-electron chi connectivity index (χ0n) is 35.3. The monoisotopic (exact) mass is 822 g/mol. The summed E-state index contributed by atoms with van der Waals surface area (Å²) >= 11 is 0. The van der Waals surface area contributed by atoms with Crippen LogP contribution in [0.1, 0.15) is 5.56 Å². The molecule has 0 saturated heterocycles. The van der Waals surface area contributed by atoms with E-state index in [1.807, 2.05) is 18.2 Å². The van der Waals surface area contributed by atoms with Crippen LogP contribution < -0.4 is 0 Å². The van der Waals surface area contributed by atoms with E-state index in [1.165, 1.54) is 92.8 Å². The molecular formula is C63H38N2. The van der Waals surface area contributed by atoms with E-state index in [0.717, 1.165) is 33.1 Å². The summed E-state index contributed by atoms with van der Waals surface area (Å²) in [5, 5.41) is 24.5. The number of hydrogen-bond acceptors (Lipinski definition) is 1. The van der Waals surface area contributed by atoms with E-state index in [4.69, 9.17) is 0 Å². The Labute approximate surface area is 376 Å². The fraction of sp³-hybridized carbons (Fsp3) is 0. The quantitative estimate of drug-likeness (QED) is 0.159. The van der Waals surface area contributed by atoms with Crippen molar-refractivity contribution in [2.45, 2.75) is 0 Å². The molecule has 2 heteroatoms. The standard InChI is InChI=1S/C63H38N2/c64-39-40-28-31-52-53-32-29-44(38-61(53)65(60(52)36-40)45-18-2-1-3-19-45)49-35-34-48(50-22-8-9-23-51(49)50)43-30-33-58-59(37-43)63(55-27-13-17-42-15-5-7-21-47(42)55)57-25-11-10-24-56(57)62(58)54-26-12-16-41-14-4-6-20-46(41)54/h1-38H. The van der Waals surface area contributed by atoms with Crippen molar-refractivity contribution in [1.29, 1.82) is 5.26 Å². The van der Waals surface area contributed by atoms with Crippen LogP contribution in [0.2, 0.25) is 0 Å². The lowest BCUT2D eigenvalue weighted by Gasteiger charge is -2.21. The Balaban J connectivity index is 1.06. The van der Waals surface area contributed by atoms with Gasteiger partial charge in [-0.15, -0.1) is 0 Å². The van der Waals surface area contributed by atoms with E-state index in [1.54, 1.807) is 0 Å². The lowest BCUT2D eigenvalue weighted by molar-refractivity contribution is 1.18. The molecule has 0 saturated carbocycles. The maximum absolute atomic E-state index is 9.86. The molecule has 0 aliphatic rings. The van der Waals surface area contributed by atoms with Crippen LogP contribution in [0, 0.1) is 11.3 Å². The third-order valence-electron chi connectivity index (χ3n) is 13.6. The third kappa shape index (κ3) is 5.73. The fourth-order valence-electron chi connectivity index (χ4n) is 10.7. The second kappa shape index (κ2) is 14.7. The zero-order valence-corrected chi connectivity index (χ0v) is 35.3. The third-order valence-corrected chi connectivity index (χ3v) is 13.6. The van der Waals surface area contributed by atoms with E-state index in [9.17, 15) is 5.26 Å². The van der Waals surface area contributed by atoms with Crippen molar-refractivity contribution >= 4 is 75.7 Å². The molecule has 0 N–H and O–H groups in total. The second-order valence-corrected chi connectivity index (χ2v) is 17.1. The first-order valence-corrected chi connectivity index (χ1v) is 22.2. The maximum Gasteiger partial charge on any atom is 0.0992 e. The molecule has 0 aliphatic heterocycles. The Bertz CT molecular complexity index is 4120. The van der Waals surface area contributed by atoms with Crippen molar-refractivity contribution in [1.82, 2.24) is 4.57 Å². The fourth-order valence-corrected chi connectivity index (χ4v) is 10.7. The number of nitrogens with zero attached hydrogens (tertiary/aromatic N) is 2. The number of rotatable bonds is 5. The summed E-state index contributed by atoms with van der Waals surface area (Å²) in [7, 11) is 0. The van der Waals surface area contributed by atoms with Crippen molar-refractivity contribution in [2.24, 2.45) is 0 Å². The van der Waals surface area contributed by atoms with Crippen LogP contribution in [-0.4, -0.2) is 4.57 Å². The second-order valence-electron chi connectivity index (χ2n) is 17.1. The summed E-state index contributed by atoms with van der Waals surface area (Å²) in [5.41, 5.74) is 13.5. The number of benzene rings is 12. The molecular weight excluding hydrogens is 785 g/mol. The van der Waals surface area contributed by atoms with Gasteiger partial charge in [-0.1, -0.05) is 194 Å². The summed E-state index contributed by atoms with van der Waals surface area (Å²) in [6.07, 6.45) is 0. The average Bonchev–Trinajstić information content (AvgIpc) is 3.70. The van der Waals surface area contributed by atoms with Crippen LogP contribution in [-0.2, 0) is 0 Å². The number of fused-ring (bicyclic) bond motifs is 8. The van der Waals surface area contributed by atoms with Gasteiger partial charge in [0.2, 0.25) is 0 Å². The van der Waals surface area contributed by atoms with Gasteiger partial charge in [-0.3, -0.25) is 0 Å². The molecule has 300 valence electrons. The molecule has 2 nitrogen and oxygen atoms in total. The Kier molecular flexibility index (Phi) is 8.31. The van der Waals surface area contributed by atoms with E-state index in [-0.39, 0.29) is 0 Å². The first-order chi connectivity index (χ1) is 32.2. The molecule has 13 rings (SSSR count). The molecule has 13 aromatic rings. The summed E-state index contributed by atoms with van der Waals surface area (Å²) < 4.78 is 2.30. The van der Waals surface area contributed by atoms with E-state index in [2.05, 4.69) is 223 Å². The van der Waals surface area contributed by atoms with Gasteiger partial charge in [-0.2, -0.15) is 5.26 Å². The van der Waals surface area contributed by atoms with Gasteiger partial charge < -0.3 is 4.57 Å². The summed E-state index contributed by atoms with van der Waals surface area (Å²) in [5.74, 6) is 0. The van der Waals surface area contributed by atoms with E-state index >= 15 is 0 Å². The predicted molar refractivity (Wildman–Crippen MR) is 275 cm³/mol. The average molecular weight is 823 g/mol. The predicted octanol–water partition coefficient (Wildman–Crippen LogP) is 17.1. The normalized spacial score (nSPS) is 11.7. The Morgan fingerprint density at radius 1 is 0.292 bits per heavy atom. The van der Waals surface area contributed by atoms with Crippen LogP contribution in [0.4, 0.5) is 0 Å². The molecule has 0 fully saturated rings. The smallest absolute Gasteiger partial charge is 0.0992 e.